The quantitative estimate of drug-likeness (QED) is 0.822. The molecule has 1 aromatic carbocycles. The molecule has 1 aromatic rings. The molecule has 0 unspecified atom stereocenters. The van der Waals surface area contributed by atoms with E-state index in [1.807, 2.05) is 5.01 Å². The van der Waals surface area contributed by atoms with Gasteiger partial charge in [0.15, 0.2) is 0 Å². The van der Waals surface area contributed by atoms with Crippen LogP contribution in [0.5, 0.6) is 0 Å². The van der Waals surface area contributed by atoms with E-state index in [-0.39, 0.29) is 24.8 Å². The Morgan fingerprint density at radius 3 is 2.06 bits per heavy atom. The number of hydrogen-bond acceptors (Lipinski definition) is 3. The lowest BCUT2D eigenvalue weighted by atomic mass is 10.2. The van der Waals surface area contributed by atoms with Crippen LogP contribution >= 0.6 is 24.8 Å². The molecular formula is C11H19Cl2N3. The maximum absolute atomic E-state index is 5.70. The number of nitrogens with zero attached hydrogens (tertiary/aromatic N) is 2. The first-order valence-corrected chi connectivity index (χ1v) is 5.10. The summed E-state index contributed by atoms with van der Waals surface area (Å²) < 4.78 is 0. The first kappa shape index (κ1) is 15.7. The van der Waals surface area contributed by atoms with Crippen molar-refractivity contribution in [2.45, 2.75) is 6.54 Å². The zero-order valence-electron chi connectivity index (χ0n) is 9.21. The second-order valence-corrected chi connectivity index (χ2v) is 3.80. The third-order valence-electron chi connectivity index (χ3n) is 2.66. The minimum Gasteiger partial charge on any atom is -0.296 e. The number of nitrogens with two attached hydrogens (primary N) is 1. The minimum absolute atomic E-state index is 0. The van der Waals surface area contributed by atoms with Gasteiger partial charge >= 0.3 is 0 Å². The Morgan fingerprint density at radius 1 is 0.938 bits per heavy atom. The third kappa shape index (κ3) is 4.68. The van der Waals surface area contributed by atoms with Gasteiger partial charge in [-0.3, -0.25) is 10.7 Å². The van der Waals surface area contributed by atoms with Gasteiger partial charge in [0, 0.05) is 32.7 Å². The summed E-state index contributed by atoms with van der Waals surface area (Å²) in [5.41, 5.74) is 1.39. The van der Waals surface area contributed by atoms with Gasteiger partial charge in [-0.25, -0.2) is 5.01 Å². The Balaban J connectivity index is 0.00000112. The molecule has 1 aliphatic rings. The van der Waals surface area contributed by atoms with E-state index in [0.717, 1.165) is 32.7 Å². The van der Waals surface area contributed by atoms with Crippen molar-refractivity contribution in [2.24, 2.45) is 5.84 Å². The summed E-state index contributed by atoms with van der Waals surface area (Å²) >= 11 is 0. The summed E-state index contributed by atoms with van der Waals surface area (Å²) in [6.45, 7) is 5.16. The molecule has 0 atom stereocenters. The van der Waals surface area contributed by atoms with Crippen molar-refractivity contribution in [3.63, 3.8) is 0 Å². The van der Waals surface area contributed by atoms with E-state index in [2.05, 4.69) is 35.2 Å². The Bertz CT molecular complexity index is 274. The number of hydrogen-bond donors (Lipinski definition) is 1. The topological polar surface area (TPSA) is 32.5 Å². The highest BCUT2D eigenvalue weighted by Crippen LogP contribution is 2.06. The lowest BCUT2D eigenvalue weighted by molar-refractivity contribution is 0.128. The van der Waals surface area contributed by atoms with E-state index in [9.17, 15) is 0 Å². The van der Waals surface area contributed by atoms with Gasteiger partial charge in [-0.1, -0.05) is 30.3 Å². The predicted molar refractivity (Wildman–Crippen MR) is 72.0 cm³/mol. The maximum atomic E-state index is 5.70. The SMILES string of the molecule is Cl.Cl.NN1CCN(Cc2ccccc2)CC1. The van der Waals surface area contributed by atoms with Crippen LogP contribution in [0.4, 0.5) is 0 Å². The van der Waals surface area contributed by atoms with Crippen LogP contribution in [0.1, 0.15) is 5.56 Å². The monoisotopic (exact) mass is 263 g/mol. The fraction of sp³-hybridized carbons (Fsp3) is 0.455. The first-order valence-electron chi connectivity index (χ1n) is 5.10. The summed E-state index contributed by atoms with van der Waals surface area (Å²) in [5, 5.41) is 1.89. The largest absolute Gasteiger partial charge is 0.296 e. The molecule has 0 amide bonds. The van der Waals surface area contributed by atoms with Crippen molar-refractivity contribution in [3.05, 3.63) is 35.9 Å². The van der Waals surface area contributed by atoms with Crippen LogP contribution in [0.3, 0.4) is 0 Å². The van der Waals surface area contributed by atoms with Crippen molar-refractivity contribution < 1.29 is 0 Å². The fourth-order valence-corrected chi connectivity index (χ4v) is 1.76. The zero-order valence-corrected chi connectivity index (χ0v) is 10.8. The van der Waals surface area contributed by atoms with E-state index in [4.69, 9.17) is 5.84 Å². The average molecular weight is 264 g/mol. The normalized spacial score (nSPS) is 17.3. The molecule has 16 heavy (non-hydrogen) atoms. The second-order valence-electron chi connectivity index (χ2n) is 3.80. The molecule has 3 nitrogen and oxygen atoms in total. The van der Waals surface area contributed by atoms with Crippen molar-refractivity contribution in [1.29, 1.82) is 0 Å². The molecule has 1 fully saturated rings. The van der Waals surface area contributed by atoms with Gasteiger partial charge in [-0.05, 0) is 5.56 Å². The van der Waals surface area contributed by atoms with Crippen LogP contribution < -0.4 is 5.84 Å². The molecular weight excluding hydrogens is 245 g/mol. The molecule has 0 bridgehead atoms. The van der Waals surface area contributed by atoms with Crippen molar-refractivity contribution >= 4 is 24.8 Å². The van der Waals surface area contributed by atoms with E-state index < -0.39 is 0 Å². The summed E-state index contributed by atoms with van der Waals surface area (Å²) in [7, 11) is 0. The Kier molecular flexibility index (Phi) is 7.72. The average Bonchev–Trinajstić information content (AvgIpc) is 2.23. The Labute approximate surface area is 109 Å². The van der Waals surface area contributed by atoms with E-state index in [1.54, 1.807) is 0 Å². The second kappa shape index (κ2) is 7.87. The van der Waals surface area contributed by atoms with Crippen molar-refractivity contribution in [2.75, 3.05) is 26.2 Å². The lowest BCUT2D eigenvalue weighted by Crippen LogP contribution is -2.48. The van der Waals surface area contributed by atoms with Crippen LogP contribution in [-0.2, 0) is 6.54 Å². The number of halogens is 2. The fourth-order valence-electron chi connectivity index (χ4n) is 1.76. The number of piperazine rings is 1. The summed E-state index contributed by atoms with van der Waals surface area (Å²) in [6, 6.07) is 10.6. The molecule has 2 rings (SSSR count). The van der Waals surface area contributed by atoms with Gasteiger partial charge in [0.05, 0.1) is 0 Å². The van der Waals surface area contributed by atoms with Gasteiger partial charge in [-0.15, -0.1) is 24.8 Å². The maximum Gasteiger partial charge on any atom is 0.0257 e. The van der Waals surface area contributed by atoms with Gasteiger partial charge in [0.2, 0.25) is 0 Å². The Morgan fingerprint density at radius 2 is 1.50 bits per heavy atom. The van der Waals surface area contributed by atoms with Gasteiger partial charge in [0.25, 0.3) is 0 Å². The van der Waals surface area contributed by atoms with Gasteiger partial charge in [0.1, 0.15) is 0 Å². The molecule has 0 saturated carbocycles. The molecule has 1 aliphatic heterocycles. The van der Waals surface area contributed by atoms with Crippen molar-refractivity contribution in [3.8, 4) is 0 Å². The molecule has 2 N–H and O–H groups in total. The molecule has 0 spiro atoms. The number of rotatable bonds is 2. The van der Waals surface area contributed by atoms with Crippen LogP contribution in [0.25, 0.3) is 0 Å². The Hall–Kier alpha value is -0.320. The molecule has 0 aromatic heterocycles. The predicted octanol–water partition coefficient (Wildman–Crippen LogP) is 1.52. The molecule has 5 heteroatoms. The number of hydrazine groups is 1. The molecule has 0 aliphatic carbocycles. The molecule has 0 radical (unpaired) electrons. The number of benzene rings is 1. The van der Waals surface area contributed by atoms with Crippen molar-refractivity contribution in [1.82, 2.24) is 9.91 Å². The highest BCUT2D eigenvalue weighted by Gasteiger charge is 2.13. The highest BCUT2D eigenvalue weighted by atomic mass is 35.5. The summed E-state index contributed by atoms with van der Waals surface area (Å²) in [5.74, 6) is 5.70. The van der Waals surface area contributed by atoms with Crippen LogP contribution in [0.15, 0.2) is 30.3 Å². The van der Waals surface area contributed by atoms with Gasteiger partial charge in [-0.2, -0.15) is 0 Å². The molecule has 1 heterocycles. The standard InChI is InChI=1S/C11H17N3.2ClH/c12-14-8-6-13(7-9-14)10-11-4-2-1-3-5-11;;/h1-5H,6-10,12H2;2*1H. The molecule has 92 valence electrons. The highest BCUT2D eigenvalue weighted by molar-refractivity contribution is 5.85. The van der Waals surface area contributed by atoms with E-state index in [1.165, 1.54) is 5.56 Å². The minimum atomic E-state index is 0. The van der Waals surface area contributed by atoms with E-state index >= 15 is 0 Å². The van der Waals surface area contributed by atoms with E-state index in [0.29, 0.717) is 0 Å². The van der Waals surface area contributed by atoms with Gasteiger partial charge < -0.3 is 0 Å². The summed E-state index contributed by atoms with van der Waals surface area (Å²) in [4.78, 5) is 2.44. The smallest absolute Gasteiger partial charge is 0.0257 e. The lowest BCUT2D eigenvalue weighted by Gasteiger charge is -2.31. The van der Waals surface area contributed by atoms with Crippen LogP contribution in [0.2, 0.25) is 0 Å². The van der Waals surface area contributed by atoms with Crippen LogP contribution in [-0.4, -0.2) is 36.1 Å². The molecule has 1 saturated heterocycles. The van der Waals surface area contributed by atoms with Crippen LogP contribution in [0, 0.1) is 0 Å². The zero-order chi connectivity index (χ0) is 9.80. The summed E-state index contributed by atoms with van der Waals surface area (Å²) in [6.07, 6.45) is 0. The first-order chi connectivity index (χ1) is 6.84. The third-order valence-corrected chi connectivity index (χ3v) is 2.66.